The largest absolute Gasteiger partial charge is 0.255 e. The fraction of sp³-hybridized carbons (Fsp3) is 0.600. The maximum Gasteiger partial charge on any atom is 0.0498 e. The monoisotopic (exact) mass is 378 g/mol. The van der Waals surface area contributed by atoms with Crippen molar-refractivity contribution in [2.45, 2.75) is 68.6 Å². The average Bonchev–Trinajstić information content (AvgIpc) is 3.27. The number of allylic oxidation sites excluding steroid dienone is 4. The first-order chi connectivity index (χ1) is 13.2. The lowest BCUT2D eigenvalue weighted by Gasteiger charge is -2.48. The Bertz CT molecular complexity index is 876. The summed E-state index contributed by atoms with van der Waals surface area (Å²) in [7, 11) is -0.882. The van der Waals surface area contributed by atoms with E-state index in [4.69, 9.17) is 0 Å². The molecule has 5 aliphatic carbocycles. The molecule has 0 aromatic heterocycles. The third-order valence-corrected chi connectivity index (χ3v) is 9.72. The maximum absolute atomic E-state index is 11.9. The molecular weight excluding hydrogens is 348 g/mol. The number of hydrogen-bond donors (Lipinski definition) is 0. The van der Waals surface area contributed by atoms with Crippen LogP contribution in [0.15, 0.2) is 52.0 Å². The lowest BCUT2D eigenvalue weighted by Crippen LogP contribution is -2.37. The molecule has 0 aliphatic heterocycles. The van der Waals surface area contributed by atoms with Crippen LogP contribution in [0.3, 0.4) is 0 Å². The van der Waals surface area contributed by atoms with Gasteiger partial charge in [0.25, 0.3) is 0 Å². The number of fused-ring (bicyclic) bond motifs is 3. The van der Waals surface area contributed by atoms with Crippen molar-refractivity contribution in [3.63, 3.8) is 0 Å². The number of benzene rings is 1. The van der Waals surface area contributed by atoms with Crippen molar-refractivity contribution >= 4 is 10.8 Å². The third kappa shape index (κ3) is 2.38. The lowest BCUT2D eigenvalue weighted by molar-refractivity contribution is 0.164. The van der Waals surface area contributed by atoms with Crippen molar-refractivity contribution in [1.82, 2.24) is 0 Å². The van der Waals surface area contributed by atoms with Gasteiger partial charge in [0, 0.05) is 27.9 Å². The van der Waals surface area contributed by atoms with Gasteiger partial charge in [-0.1, -0.05) is 23.8 Å². The van der Waals surface area contributed by atoms with Gasteiger partial charge >= 0.3 is 0 Å². The van der Waals surface area contributed by atoms with Gasteiger partial charge < -0.3 is 0 Å². The molecule has 0 saturated heterocycles. The first-order valence-electron chi connectivity index (χ1n) is 11.0. The molecule has 6 unspecified atom stereocenters. The van der Waals surface area contributed by atoms with Crippen LogP contribution < -0.4 is 0 Å². The van der Waals surface area contributed by atoms with Crippen molar-refractivity contribution in [2.75, 3.05) is 6.26 Å². The van der Waals surface area contributed by atoms with E-state index in [1.807, 2.05) is 5.57 Å². The minimum absolute atomic E-state index is 0.616. The summed E-state index contributed by atoms with van der Waals surface area (Å²) < 4.78 is 11.9. The summed E-state index contributed by atoms with van der Waals surface area (Å²) in [5.74, 6) is 3.47. The van der Waals surface area contributed by atoms with Gasteiger partial charge in [0.15, 0.2) is 0 Å². The zero-order chi connectivity index (χ0) is 18.2. The number of rotatable bonds is 2. The molecule has 0 N–H and O–H groups in total. The molecule has 3 saturated carbocycles. The average molecular weight is 379 g/mol. The standard InChI is InChI=1S/C25H30OS/c1-27(26)19-10-6-17(7-11-19)22-15-25-14-18(25)9-13-23(25)21-12-8-16-4-2-3-5-20(16)24(21)22/h4,6-7,10-11,18,21-23H,2-3,5,8-9,12-15H2,1H3. The molecule has 0 heterocycles. The molecule has 1 nitrogen and oxygen atoms in total. The van der Waals surface area contributed by atoms with Crippen molar-refractivity contribution in [3.05, 3.63) is 52.6 Å². The summed E-state index contributed by atoms with van der Waals surface area (Å²) in [5.41, 5.74) is 7.49. The van der Waals surface area contributed by atoms with Crippen molar-refractivity contribution in [1.29, 1.82) is 0 Å². The molecule has 27 heavy (non-hydrogen) atoms. The summed E-state index contributed by atoms with van der Waals surface area (Å²) in [5, 5.41) is 0. The van der Waals surface area contributed by atoms with Crippen LogP contribution in [0.4, 0.5) is 0 Å². The van der Waals surface area contributed by atoms with Gasteiger partial charge in [0.1, 0.15) is 0 Å². The summed E-state index contributed by atoms with van der Waals surface area (Å²) >= 11 is 0. The SMILES string of the molecule is CS(=O)c1ccc(C2CC34CC3CCC4C3CCC4=CCCCC4=C23)cc1. The molecule has 0 amide bonds. The van der Waals surface area contributed by atoms with Crippen LogP contribution in [0.2, 0.25) is 0 Å². The molecule has 6 rings (SSSR count). The van der Waals surface area contributed by atoms with Gasteiger partial charge in [-0.3, -0.25) is 4.21 Å². The van der Waals surface area contributed by atoms with Crippen LogP contribution in [0.25, 0.3) is 0 Å². The summed E-state index contributed by atoms with van der Waals surface area (Å²) in [6.07, 6.45) is 16.9. The van der Waals surface area contributed by atoms with E-state index < -0.39 is 10.8 Å². The lowest BCUT2D eigenvalue weighted by atomic mass is 9.56. The van der Waals surface area contributed by atoms with E-state index in [1.54, 1.807) is 17.4 Å². The van der Waals surface area contributed by atoms with Crippen LogP contribution >= 0.6 is 0 Å². The Labute approximate surface area is 165 Å². The fourth-order valence-corrected chi connectivity index (χ4v) is 8.11. The van der Waals surface area contributed by atoms with Gasteiger partial charge in [0.2, 0.25) is 0 Å². The highest BCUT2D eigenvalue weighted by Crippen LogP contribution is 2.76. The first-order valence-corrected chi connectivity index (χ1v) is 12.6. The van der Waals surface area contributed by atoms with E-state index in [-0.39, 0.29) is 0 Å². The highest BCUT2D eigenvalue weighted by atomic mass is 32.2. The van der Waals surface area contributed by atoms with Gasteiger partial charge in [-0.2, -0.15) is 0 Å². The van der Waals surface area contributed by atoms with E-state index in [9.17, 15) is 4.21 Å². The van der Waals surface area contributed by atoms with E-state index in [0.717, 1.165) is 22.6 Å². The zero-order valence-electron chi connectivity index (χ0n) is 16.4. The molecule has 1 aromatic carbocycles. The zero-order valence-corrected chi connectivity index (χ0v) is 17.2. The molecule has 0 bridgehead atoms. The van der Waals surface area contributed by atoms with Gasteiger partial charge in [-0.05, 0) is 110 Å². The summed E-state index contributed by atoms with van der Waals surface area (Å²) in [6, 6.07) is 8.84. The molecule has 2 heteroatoms. The third-order valence-electron chi connectivity index (χ3n) is 8.79. The molecule has 1 spiro atoms. The van der Waals surface area contributed by atoms with Crippen molar-refractivity contribution in [2.24, 2.45) is 23.2 Å². The fourth-order valence-electron chi connectivity index (χ4n) is 7.59. The summed E-state index contributed by atoms with van der Waals surface area (Å²) in [6.45, 7) is 0. The Hall–Kier alpha value is -1.15. The molecule has 6 atom stereocenters. The Balaban J connectivity index is 1.48. The van der Waals surface area contributed by atoms with Crippen LogP contribution in [0, 0.1) is 23.2 Å². The van der Waals surface area contributed by atoms with Crippen LogP contribution in [0.1, 0.15) is 69.3 Å². The van der Waals surface area contributed by atoms with Crippen LogP contribution in [0.5, 0.6) is 0 Å². The Morgan fingerprint density at radius 2 is 1.89 bits per heavy atom. The van der Waals surface area contributed by atoms with Crippen LogP contribution in [-0.2, 0) is 10.8 Å². The second-order valence-electron chi connectivity index (χ2n) is 9.80. The molecule has 5 aliphatic rings. The van der Waals surface area contributed by atoms with Crippen molar-refractivity contribution < 1.29 is 4.21 Å². The van der Waals surface area contributed by atoms with E-state index in [0.29, 0.717) is 11.3 Å². The second-order valence-corrected chi connectivity index (χ2v) is 11.2. The molecular formula is C25H30OS. The molecule has 0 radical (unpaired) electrons. The molecule has 1 aromatic rings. The maximum atomic E-state index is 11.9. The second kappa shape index (κ2) is 5.92. The van der Waals surface area contributed by atoms with E-state index in [1.165, 1.54) is 63.4 Å². The molecule has 3 fully saturated rings. The summed E-state index contributed by atoms with van der Waals surface area (Å²) in [4.78, 5) is 0.965. The first kappa shape index (κ1) is 16.8. The molecule has 142 valence electrons. The topological polar surface area (TPSA) is 17.1 Å². The highest BCUT2D eigenvalue weighted by Gasteiger charge is 2.67. The Kier molecular flexibility index (Phi) is 3.68. The Morgan fingerprint density at radius 3 is 2.67 bits per heavy atom. The van der Waals surface area contributed by atoms with Gasteiger partial charge in [-0.25, -0.2) is 0 Å². The van der Waals surface area contributed by atoms with E-state index >= 15 is 0 Å². The van der Waals surface area contributed by atoms with Crippen molar-refractivity contribution in [3.8, 4) is 0 Å². The minimum atomic E-state index is -0.882. The van der Waals surface area contributed by atoms with Gasteiger partial charge in [-0.15, -0.1) is 0 Å². The quantitative estimate of drug-likeness (QED) is 0.604. The van der Waals surface area contributed by atoms with Gasteiger partial charge in [0.05, 0.1) is 0 Å². The normalized spacial score (nSPS) is 40.4. The van der Waals surface area contributed by atoms with E-state index in [2.05, 4.69) is 30.3 Å². The minimum Gasteiger partial charge on any atom is -0.255 e. The smallest absolute Gasteiger partial charge is 0.0498 e. The Morgan fingerprint density at radius 1 is 1.04 bits per heavy atom. The predicted octanol–water partition coefficient (Wildman–Crippen LogP) is 6.14. The highest BCUT2D eigenvalue weighted by molar-refractivity contribution is 7.84. The van der Waals surface area contributed by atoms with Crippen LogP contribution in [-0.4, -0.2) is 10.5 Å². The number of hydrogen-bond acceptors (Lipinski definition) is 1. The predicted molar refractivity (Wildman–Crippen MR) is 111 cm³/mol.